The first kappa shape index (κ1) is 12.2. The fourth-order valence-corrected chi connectivity index (χ4v) is 2.45. The first-order chi connectivity index (χ1) is 8.30. The van der Waals surface area contributed by atoms with Gasteiger partial charge in [-0.2, -0.15) is 0 Å². The number of rotatable bonds is 4. The lowest BCUT2D eigenvalue weighted by Gasteiger charge is -2.18. The number of benzene rings is 1. The molecule has 3 N–H and O–H groups in total. The summed E-state index contributed by atoms with van der Waals surface area (Å²) >= 11 is 0. The average molecular weight is 236 g/mol. The molecule has 0 bridgehead atoms. The molecule has 0 radical (unpaired) electrons. The molecule has 1 heterocycles. The van der Waals surface area contributed by atoms with E-state index in [4.69, 9.17) is 15.2 Å². The first-order valence-corrected chi connectivity index (χ1v) is 5.92. The van der Waals surface area contributed by atoms with Crippen LogP contribution in [0.2, 0.25) is 0 Å². The molecule has 0 saturated carbocycles. The van der Waals surface area contributed by atoms with Crippen LogP contribution in [0.1, 0.15) is 11.5 Å². The highest BCUT2D eigenvalue weighted by Gasteiger charge is 2.27. The van der Waals surface area contributed by atoms with Crippen LogP contribution < -0.4 is 20.5 Å². The minimum Gasteiger partial charge on any atom is -0.493 e. The molecule has 0 amide bonds. The van der Waals surface area contributed by atoms with Crippen molar-refractivity contribution in [3.63, 3.8) is 0 Å². The Morgan fingerprint density at radius 1 is 1.24 bits per heavy atom. The van der Waals surface area contributed by atoms with Gasteiger partial charge in [-0.15, -0.1) is 0 Å². The Hall–Kier alpha value is -1.26. The van der Waals surface area contributed by atoms with Crippen LogP contribution in [0.5, 0.6) is 11.5 Å². The Kier molecular flexibility index (Phi) is 3.86. The zero-order valence-electron chi connectivity index (χ0n) is 10.4. The van der Waals surface area contributed by atoms with Crippen molar-refractivity contribution in [3.8, 4) is 11.5 Å². The molecule has 1 fully saturated rings. The van der Waals surface area contributed by atoms with Crippen LogP contribution in [0.4, 0.5) is 0 Å². The topological polar surface area (TPSA) is 56.5 Å². The van der Waals surface area contributed by atoms with Crippen molar-refractivity contribution in [2.75, 3.05) is 33.9 Å². The highest BCUT2D eigenvalue weighted by molar-refractivity contribution is 5.44. The zero-order valence-corrected chi connectivity index (χ0v) is 10.4. The monoisotopic (exact) mass is 236 g/mol. The van der Waals surface area contributed by atoms with E-state index in [9.17, 15) is 0 Å². The Labute approximate surface area is 102 Å². The van der Waals surface area contributed by atoms with E-state index in [1.54, 1.807) is 14.2 Å². The molecule has 1 saturated heterocycles. The van der Waals surface area contributed by atoms with E-state index < -0.39 is 0 Å². The normalized spacial score (nSPS) is 23.7. The lowest BCUT2D eigenvalue weighted by atomic mass is 9.89. The van der Waals surface area contributed by atoms with Crippen LogP contribution in [0.3, 0.4) is 0 Å². The van der Waals surface area contributed by atoms with Crippen molar-refractivity contribution in [3.05, 3.63) is 23.8 Å². The van der Waals surface area contributed by atoms with Gasteiger partial charge in [0.15, 0.2) is 11.5 Å². The molecular formula is C13H20N2O2. The molecule has 1 aliphatic heterocycles. The Bertz CT molecular complexity index is 382. The number of hydrogen-bond acceptors (Lipinski definition) is 4. The lowest BCUT2D eigenvalue weighted by Crippen LogP contribution is -2.21. The maximum absolute atomic E-state index is 5.79. The highest BCUT2D eigenvalue weighted by atomic mass is 16.5. The molecule has 2 atom stereocenters. The Balaban J connectivity index is 2.26. The van der Waals surface area contributed by atoms with Gasteiger partial charge in [0, 0.05) is 12.5 Å². The molecule has 0 aliphatic carbocycles. The van der Waals surface area contributed by atoms with Gasteiger partial charge in [0.25, 0.3) is 0 Å². The summed E-state index contributed by atoms with van der Waals surface area (Å²) in [5.41, 5.74) is 7.06. The van der Waals surface area contributed by atoms with Gasteiger partial charge in [-0.25, -0.2) is 0 Å². The zero-order chi connectivity index (χ0) is 12.3. The number of nitrogens with one attached hydrogen (secondary N) is 1. The van der Waals surface area contributed by atoms with Crippen LogP contribution in [-0.2, 0) is 0 Å². The Morgan fingerprint density at radius 3 is 2.65 bits per heavy atom. The second-order valence-electron chi connectivity index (χ2n) is 4.37. The standard InChI is InChI=1S/C13H20N2O2/c1-16-12-4-3-9(5-13(12)17-2)11-8-15-7-10(11)6-14/h3-5,10-11,15H,6-8,14H2,1-2H3. The molecule has 4 nitrogen and oxygen atoms in total. The highest BCUT2D eigenvalue weighted by Crippen LogP contribution is 2.34. The smallest absolute Gasteiger partial charge is 0.160 e. The maximum Gasteiger partial charge on any atom is 0.160 e. The largest absolute Gasteiger partial charge is 0.493 e. The molecule has 0 aromatic heterocycles. The molecule has 2 unspecified atom stereocenters. The van der Waals surface area contributed by atoms with E-state index in [0.717, 1.165) is 24.6 Å². The van der Waals surface area contributed by atoms with Gasteiger partial charge >= 0.3 is 0 Å². The number of hydrogen-bond donors (Lipinski definition) is 2. The van der Waals surface area contributed by atoms with E-state index in [1.807, 2.05) is 6.07 Å². The van der Waals surface area contributed by atoms with Crippen molar-refractivity contribution in [2.24, 2.45) is 11.7 Å². The van der Waals surface area contributed by atoms with Crippen molar-refractivity contribution >= 4 is 0 Å². The predicted octanol–water partition coefficient (Wildman–Crippen LogP) is 0.965. The van der Waals surface area contributed by atoms with Crippen LogP contribution in [0.15, 0.2) is 18.2 Å². The lowest BCUT2D eigenvalue weighted by molar-refractivity contribution is 0.354. The molecule has 4 heteroatoms. The number of methoxy groups -OCH3 is 2. The van der Waals surface area contributed by atoms with Gasteiger partial charge in [-0.05, 0) is 36.7 Å². The molecule has 1 aromatic carbocycles. The minimum absolute atomic E-state index is 0.472. The van der Waals surface area contributed by atoms with Crippen LogP contribution in [0.25, 0.3) is 0 Å². The molecular weight excluding hydrogens is 216 g/mol. The SMILES string of the molecule is COc1ccc(C2CNCC2CN)cc1OC. The second-order valence-corrected chi connectivity index (χ2v) is 4.37. The van der Waals surface area contributed by atoms with E-state index in [2.05, 4.69) is 17.4 Å². The summed E-state index contributed by atoms with van der Waals surface area (Å²) < 4.78 is 10.6. The summed E-state index contributed by atoms with van der Waals surface area (Å²) in [5, 5.41) is 3.39. The van der Waals surface area contributed by atoms with E-state index >= 15 is 0 Å². The van der Waals surface area contributed by atoms with Crippen LogP contribution in [-0.4, -0.2) is 33.9 Å². The third-order valence-electron chi connectivity index (χ3n) is 3.48. The van der Waals surface area contributed by atoms with Crippen LogP contribution in [0, 0.1) is 5.92 Å². The van der Waals surface area contributed by atoms with Crippen LogP contribution >= 0.6 is 0 Å². The van der Waals surface area contributed by atoms with Gasteiger partial charge in [0.05, 0.1) is 14.2 Å². The molecule has 17 heavy (non-hydrogen) atoms. The van der Waals surface area contributed by atoms with Crippen molar-refractivity contribution in [1.82, 2.24) is 5.32 Å². The second kappa shape index (κ2) is 5.38. The van der Waals surface area contributed by atoms with Gasteiger partial charge in [-0.1, -0.05) is 6.07 Å². The molecule has 0 spiro atoms. The molecule has 2 rings (SSSR count). The van der Waals surface area contributed by atoms with E-state index in [0.29, 0.717) is 18.4 Å². The predicted molar refractivity (Wildman–Crippen MR) is 67.7 cm³/mol. The van der Waals surface area contributed by atoms with Crippen molar-refractivity contribution in [2.45, 2.75) is 5.92 Å². The average Bonchev–Trinajstić information content (AvgIpc) is 2.86. The summed E-state index contributed by atoms with van der Waals surface area (Å²) in [7, 11) is 3.31. The summed E-state index contributed by atoms with van der Waals surface area (Å²) in [6.07, 6.45) is 0. The maximum atomic E-state index is 5.79. The van der Waals surface area contributed by atoms with E-state index in [1.165, 1.54) is 5.56 Å². The third-order valence-corrected chi connectivity index (χ3v) is 3.48. The minimum atomic E-state index is 0.472. The fourth-order valence-electron chi connectivity index (χ4n) is 2.45. The van der Waals surface area contributed by atoms with Gasteiger partial charge < -0.3 is 20.5 Å². The fraction of sp³-hybridized carbons (Fsp3) is 0.538. The quantitative estimate of drug-likeness (QED) is 0.817. The first-order valence-electron chi connectivity index (χ1n) is 5.92. The summed E-state index contributed by atoms with van der Waals surface area (Å²) in [5.74, 6) is 2.53. The van der Waals surface area contributed by atoms with Gasteiger partial charge in [-0.3, -0.25) is 0 Å². The third kappa shape index (κ3) is 2.37. The van der Waals surface area contributed by atoms with Gasteiger partial charge in [0.1, 0.15) is 0 Å². The summed E-state index contributed by atoms with van der Waals surface area (Å²) in [4.78, 5) is 0. The molecule has 1 aliphatic rings. The van der Waals surface area contributed by atoms with E-state index in [-0.39, 0.29) is 0 Å². The summed E-state index contributed by atoms with van der Waals surface area (Å²) in [6.45, 7) is 2.69. The molecule has 94 valence electrons. The summed E-state index contributed by atoms with van der Waals surface area (Å²) in [6, 6.07) is 6.11. The number of nitrogens with two attached hydrogens (primary N) is 1. The number of ether oxygens (including phenoxy) is 2. The van der Waals surface area contributed by atoms with Crippen molar-refractivity contribution in [1.29, 1.82) is 0 Å². The molecule has 1 aromatic rings. The van der Waals surface area contributed by atoms with Gasteiger partial charge in [0.2, 0.25) is 0 Å². The Morgan fingerprint density at radius 2 is 2.00 bits per heavy atom. The van der Waals surface area contributed by atoms with Crippen molar-refractivity contribution < 1.29 is 9.47 Å².